The van der Waals surface area contributed by atoms with Gasteiger partial charge in [-0.2, -0.15) is 0 Å². The lowest BCUT2D eigenvalue weighted by Crippen LogP contribution is -2.63. The molecule has 2 heterocycles. The smallest absolute Gasteiger partial charge is 0.331 e. The molecule has 0 aliphatic carbocycles. The summed E-state index contributed by atoms with van der Waals surface area (Å²) in [5, 5.41) is 0. The van der Waals surface area contributed by atoms with Gasteiger partial charge < -0.3 is 10.5 Å². The average molecular weight is 293 g/mol. The summed E-state index contributed by atoms with van der Waals surface area (Å²) < 4.78 is 5.66. The molecule has 1 fully saturated rings. The Hall–Kier alpha value is -1.20. The molecule has 1 saturated heterocycles. The van der Waals surface area contributed by atoms with Gasteiger partial charge in [-0.3, -0.25) is 9.89 Å². The number of nitrogens with zero attached hydrogens (tertiary/aromatic N) is 2. The van der Waals surface area contributed by atoms with Crippen molar-refractivity contribution in [2.45, 2.75) is 64.3 Å². The lowest BCUT2D eigenvalue weighted by atomic mass is 9.86. The van der Waals surface area contributed by atoms with Gasteiger partial charge in [0, 0.05) is 25.4 Å². The number of piperidine rings is 1. The van der Waals surface area contributed by atoms with Gasteiger partial charge in [-0.1, -0.05) is 6.92 Å². The second kappa shape index (κ2) is 5.89. The van der Waals surface area contributed by atoms with Crippen molar-refractivity contribution < 1.29 is 9.53 Å². The molecule has 2 rings (SSSR count). The molecular weight excluding hydrogens is 266 g/mol. The molecular formula is C16H27N3O2. The molecule has 2 aliphatic rings. The molecule has 3 atom stereocenters. The molecule has 0 bridgehead atoms. The molecule has 118 valence electrons. The predicted molar refractivity (Wildman–Crippen MR) is 83.9 cm³/mol. The van der Waals surface area contributed by atoms with E-state index in [1.165, 1.54) is 0 Å². The van der Waals surface area contributed by atoms with Crippen LogP contribution in [0.3, 0.4) is 0 Å². The Kier molecular flexibility index (Phi) is 4.54. The second-order valence-electron chi connectivity index (χ2n) is 7.17. The minimum absolute atomic E-state index is 0.127. The van der Waals surface area contributed by atoms with Gasteiger partial charge in [0.1, 0.15) is 11.1 Å². The normalized spacial score (nSPS) is 34.0. The van der Waals surface area contributed by atoms with Crippen LogP contribution in [0.15, 0.2) is 17.3 Å². The number of likely N-dealkylation sites (tertiary alicyclic amines) is 1. The molecule has 0 aromatic carbocycles. The first kappa shape index (κ1) is 16.2. The maximum Gasteiger partial charge on any atom is 0.331 e. The summed E-state index contributed by atoms with van der Waals surface area (Å²) in [5.41, 5.74) is 5.00. The minimum atomic E-state index is -0.811. The highest BCUT2D eigenvalue weighted by atomic mass is 16.6. The van der Waals surface area contributed by atoms with Gasteiger partial charge >= 0.3 is 5.97 Å². The van der Waals surface area contributed by atoms with Crippen LogP contribution < -0.4 is 5.73 Å². The molecule has 21 heavy (non-hydrogen) atoms. The summed E-state index contributed by atoms with van der Waals surface area (Å²) >= 11 is 0. The third-order valence-electron chi connectivity index (χ3n) is 4.12. The molecule has 0 saturated carbocycles. The topological polar surface area (TPSA) is 67.9 Å². The molecule has 0 aromatic rings. The molecule has 2 N–H and O–H groups in total. The zero-order valence-corrected chi connectivity index (χ0v) is 13.5. The monoisotopic (exact) mass is 293 g/mol. The molecule has 0 amide bonds. The predicted octanol–water partition coefficient (Wildman–Crippen LogP) is 2.07. The van der Waals surface area contributed by atoms with Crippen LogP contribution in [-0.4, -0.2) is 40.9 Å². The van der Waals surface area contributed by atoms with E-state index in [4.69, 9.17) is 10.5 Å². The van der Waals surface area contributed by atoms with Gasteiger partial charge in [-0.25, -0.2) is 4.79 Å². The Morgan fingerprint density at radius 3 is 2.71 bits per heavy atom. The van der Waals surface area contributed by atoms with E-state index in [-0.39, 0.29) is 12.1 Å². The fourth-order valence-electron chi connectivity index (χ4n) is 3.01. The van der Waals surface area contributed by atoms with Crippen molar-refractivity contribution in [3.8, 4) is 0 Å². The first-order valence-electron chi connectivity index (χ1n) is 7.70. The van der Waals surface area contributed by atoms with Crippen molar-refractivity contribution in [3.63, 3.8) is 0 Å². The first-order chi connectivity index (χ1) is 9.74. The molecule has 2 aliphatic heterocycles. The zero-order valence-electron chi connectivity index (χ0n) is 13.5. The highest BCUT2D eigenvalue weighted by Gasteiger charge is 2.48. The Morgan fingerprint density at radius 1 is 1.48 bits per heavy atom. The van der Waals surface area contributed by atoms with Gasteiger partial charge in [0.25, 0.3) is 0 Å². The van der Waals surface area contributed by atoms with Gasteiger partial charge in [0.2, 0.25) is 0 Å². The number of hydrogen-bond acceptors (Lipinski definition) is 5. The molecule has 5 heteroatoms. The largest absolute Gasteiger partial charge is 0.458 e. The number of hydrogen-bond donors (Lipinski definition) is 1. The van der Waals surface area contributed by atoms with Gasteiger partial charge in [0.15, 0.2) is 0 Å². The highest BCUT2D eigenvalue weighted by molar-refractivity contribution is 5.88. The van der Waals surface area contributed by atoms with Crippen LogP contribution in [0.1, 0.15) is 47.0 Å². The molecule has 0 radical (unpaired) electrons. The SMILES string of the molecule is CC1CCN(C2(C(=O)OC(C)(C)C)C=CN=CC2)C(N)C1. The van der Waals surface area contributed by atoms with E-state index in [1.54, 1.807) is 12.4 Å². The van der Waals surface area contributed by atoms with E-state index >= 15 is 0 Å². The highest BCUT2D eigenvalue weighted by Crippen LogP contribution is 2.33. The lowest BCUT2D eigenvalue weighted by molar-refractivity contribution is -0.169. The quantitative estimate of drug-likeness (QED) is 0.791. The van der Waals surface area contributed by atoms with E-state index in [9.17, 15) is 4.79 Å². The Bertz CT molecular complexity index is 453. The number of carbonyl (C=O) groups is 1. The number of rotatable bonds is 2. The van der Waals surface area contributed by atoms with Crippen LogP contribution in [0.25, 0.3) is 0 Å². The van der Waals surface area contributed by atoms with Gasteiger partial charge in [-0.15, -0.1) is 0 Å². The summed E-state index contributed by atoms with van der Waals surface area (Å²) in [6, 6.07) is 0. The van der Waals surface area contributed by atoms with E-state index in [0.29, 0.717) is 12.3 Å². The van der Waals surface area contributed by atoms with E-state index in [2.05, 4.69) is 16.8 Å². The summed E-state index contributed by atoms with van der Waals surface area (Å²) in [4.78, 5) is 19.0. The molecule has 3 unspecified atom stereocenters. The van der Waals surface area contributed by atoms with Crippen molar-refractivity contribution >= 4 is 12.2 Å². The van der Waals surface area contributed by atoms with Crippen molar-refractivity contribution in [2.24, 2.45) is 16.6 Å². The van der Waals surface area contributed by atoms with Crippen LogP contribution in [0, 0.1) is 5.92 Å². The molecule has 0 spiro atoms. The Labute approximate surface area is 127 Å². The maximum atomic E-state index is 12.8. The second-order valence-corrected chi connectivity index (χ2v) is 7.17. The van der Waals surface area contributed by atoms with Crippen molar-refractivity contribution in [3.05, 3.63) is 12.3 Å². The molecule has 0 aromatic heterocycles. The third-order valence-corrected chi connectivity index (χ3v) is 4.12. The van der Waals surface area contributed by atoms with Crippen LogP contribution in [-0.2, 0) is 9.53 Å². The molecule has 5 nitrogen and oxygen atoms in total. The summed E-state index contributed by atoms with van der Waals surface area (Å²) in [6.07, 6.45) is 7.63. The Morgan fingerprint density at radius 2 is 2.19 bits per heavy atom. The number of aliphatic imine (C=N–C) groups is 1. The van der Waals surface area contributed by atoms with Crippen molar-refractivity contribution in [2.75, 3.05) is 6.54 Å². The fourth-order valence-corrected chi connectivity index (χ4v) is 3.01. The first-order valence-corrected chi connectivity index (χ1v) is 7.70. The third kappa shape index (κ3) is 3.52. The average Bonchev–Trinajstić information content (AvgIpc) is 2.37. The zero-order chi connectivity index (χ0) is 15.7. The minimum Gasteiger partial charge on any atom is -0.458 e. The summed E-state index contributed by atoms with van der Waals surface area (Å²) in [7, 11) is 0. The summed E-state index contributed by atoms with van der Waals surface area (Å²) in [5.74, 6) is 0.357. The summed E-state index contributed by atoms with van der Waals surface area (Å²) in [6.45, 7) is 8.67. The maximum absolute atomic E-state index is 12.8. The van der Waals surface area contributed by atoms with E-state index < -0.39 is 11.1 Å². The van der Waals surface area contributed by atoms with Gasteiger partial charge in [-0.05, 0) is 45.6 Å². The van der Waals surface area contributed by atoms with Crippen LogP contribution in [0.5, 0.6) is 0 Å². The van der Waals surface area contributed by atoms with Gasteiger partial charge in [0.05, 0.1) is 6.17 Å². The Balaban J connectivity index is 2.27. The number of carbonyl (C=O) groups excluding carboxylic acids is 1. The van der Waals surface area contributed by atoms with Crippen LogP contribution >= 0.6 is 0 Å². The van der Waals surface area contributed by atoms with Crippen LogP contribution in [0.4, 0.5) is 0 Å². The van der Waals surface area contributed by atoms with Crippen molar-refractivity contribution in [1.29, 1.82) is 0 Å². The lowest BCUT2D eigenvalue weighted by Gasteiger charge is -2.47. The fraction of sp³-hybridized carbons (Fsp3) is 0.750. The number of ether oxygens (including phenoxy) is 1. The number of nitrogens with two attached hydrogens (primary N) is 1. The van der Waals surface area contributed by atoms with Crippen LogP contribution in [0.2, 0.25) is 0 Å². The van der Waals surface area contributed by atoms with E-state index in [0.717, 1.165) is 19.4 Å². The standard InChI is InChI=1S/C16H27N3O2/c1-12-5-10-19(13(17)11-12)16(6-8-18-9-7-16)14(20)21-15(2,3)4/h6,8-9,12-13H,5,7,10-11,17H2,1-4H3. The van der Waals surface area contributed by atoms with Crippen molar-refractivity contribution in [1.82, 2.24) is 4.90 Å². The number of esters is 1. The van der Waals surface area contributed by atoms with E-state index in [1.807, 2.05) is 26.8 Å².